The van der Waals surface area contributed by atoms with E-state index in [0.717, 1.165) is 10.2 Å². The number of aromatic nitrogens is 1. The minimum atomic E-state index is -0.154. The predicted octanol–water partition coefficient (Wildman–Crippen LogP) is 1.72. The van der Waals surface area contributed by atoms with Crippen molar-refractivity contribution in [3.05, 3.63) is 29.3 Å². The van der Waals surface area contributed by atoms with Gasteiger partial charge in [-0.3, -0.25) is 9.59 Å². The molecule has 1 aliphatic heterocycles. The van der Waals surface area contributed by atoms with Crippen LogP contribution in [-0.4, -0.2) is 47.2 Å². The lowest BCUT2D eigenvalue weighted by Crippen LogP contribution is -2.54. The number of alkyl halides is 1. The maximum Gasteiger partial charge on any atom is 0.280 e. The molecule has 1 N–H and O–H groups in total. The first kappa shape index (κ1) is 14.3. The zero-order valence-electron chi connectivity index (χ0n) is 11.2. The number of rotatable bonds is 4. The van der Waals surface area contributed by atoms with Crippen molar-refractivity contribution in [1.29, 1.82) is 0 Å². The molecule has 1 saturated heterocycles. The predicted molar refractivity (Wildman–Crippen MR) is 82.7 cm³/mol. The highest BCUT2D eigenvalue weighted by Crippen LogP contribution is 2.21. The molecule has 0 spiro atoms. The molecule has 0 aliphatic carbocycles. The molecule has 5 nitrogen and oxygen atoms in total. The van der Waals surface area contributed by atoms with Gasteiger partial charge in [0.05, 0.1) is 10.2 Å². The zero-order chi connectivity index (χ0) is 14.8. The maximum atomic E-state index is 12.1. The van der Waals surface area contributed by atoms with E-state index in [1.807, 2.05) is 24.3 Å². The number of carbonyl (C=O) groups excluding carboxylic acids is 2. The van der Waals surface area contributed by atoms with E-state index >= 15 is 0 Å². The highest BCUT2D eigenvalue weighted by atomic mass is 35.5. The van der Waals surface area contributed by atoms with Crippen LogP contribution in [0.25, 0.3) is 10.2 Å². The molecule has 0 bridgehead atoms. The van der Waals surface area contributed by atoms with Gasteiger partial charge >= 0.3 is 0 Å². The Morgan fingerprint density at radius 2 is 2.14 bits per heavy atom. The van der Waals surface area contributed by atoms with Crippen LogP contribution in [0, 0.1) is 5.92 Å². The number of hydrogen-bond donors (Lipinski definition) is 1. The van der Waals surface area contributed by atoms with E-state index in [0.29, 0.717) is 30.6 Å². The van der Waals surface area contributed by atoms with Crippen LogP contribution < -0.4 is 5.32 Å². The fraction of sp³-hybridized carbons (Fsp3) is 0.357. The smallest absolute Gasteiger partial charge is 0.280 e. The van der Waals surface area contributed by atoms with E-state index in [1.54, 1.807) is 4.90 Å². The van der Waals surface area contributed by atoms with Crippen molar-refractivity contribution in [2.24, 2.45) is 5.92 Å². The third-order valence-corrected chi connectivity index (χ3v) is 4.73. The molecule has 2 aromatic rings. The molecule has 1 fully saturated rings. The number of amides is 2. The van der Waals surface area contributed by atoms with Gasteiger partial charge in [-0.25, -0.2) is 4.98 Å². The van der Waals surface area contributed by atoms with Crippen LogP contribution in [0.15, 0.2) is 24.3 Å². The summed E-state index contributed by atoms with van der Waals surface area (Å²) in [5, 5.41) is 3.35. The summed E-state index contributed by atoms with van der Waals surface area (Å²) in [7, 11) is 0. The average molecular weight is 324 g/mol. The molecule has 0 atom stereocenters. The van der Waals surface area contributed by atoms with Gasteiger partial charge < -0.3 is 10.2 Å². The number of nitrogens with one attached hydrogen (secondary N) is 1. The normalized spacial score (nSPS) is 15.0. The van der Waals surface area contributed by atoms with Gasteiger partial charge in [0.2, 0.25) is 5.91 Å². The lowest BCUT2D eigenvalue weighted by molar-refractivity contribution is -0.134. The molecule has 2 heterocycles. The Morgan fingerprint density at radius 1 is 1.38 bits per heavy atom. The van der Waals surface area contributed by atoms with Gasteiger partial charge in [-0.2, -0.15) is 0 Å². The van der Waals surface area contributed by atoms with Crippen molar-refractivity contribution in [2.45, 2.75) is 0 Å². The van der Waals surface area contributed by atoms with Crippen molar-refractivity contribution in [3.63, 3.8) is 0 Å². The van der Waals surface area contributed by atoms with E-state index in [4.69, 9.17) is 11.6 Å². The van der Waals surface area contributed by atoms with Gasteiger partial charge in [-0.05, 0) is 12.1 Å². The van der Waals surface area contributed by atoms with Crippen molar-refractivity contribution in [3.8, 4) is 0 Å². The second-order valence-corrected chi connectivity index (χ2v) is 6.29. The summed E-state index contributed by atoms with van der Waals surface area (Å²) in [6.45, 7) is 1.87. The number of nitrogens with zero attached hydrogens (tertiary/aromatic N) is 2. The third-order valence-electron chi connectivity index (χ3n) is 3.46. The Labute approximate surface area is 130 Å². The summed E-state index contributed by atoms with van der Waals surface area (Å²) < 4.78 is 1.00. The molecular weight excluding hydrogens is 310 g/mol. The molecule has 0 radical (unpaired) electrons. The Bertz CT molecular complexity index is 649. The van der Waals surface area contributed by atoms with Crippen LogP contribution in [0.4, 0.5) is 0 Å². The van der Waals surface area contributed by atoms with Crippen molar-refractivity contribution < 1.29 is 9.59 Å². The quantitative estimate of drug-likeness (QED) is 0.872. The second-order valence-electron chi connectivity index (χ2n) is 5.00. The minimum Gasteiger partial charge on any atom is -0.350 e. The molecule has 110 valence electrons. The summed E-state index contributed by atoms with van der Waals surface area (Å²) in [6.07, 6.45) is 0. The number of hydrogen-bond acceptors (Lipinski definition) is 4. The lowest BCUT2D eigenvalue weighted by atomic mass is 10.0. The summed E-state index contributed by atoms with van der Waals surface area (Å²) in [5.41, 5.74) is 0.843. The molecule has 7 heteroatoms. The van der Waals surface area contributed by atoms with Crippen molar-refractivity contribution in [2.75, 3.05) is 25.5 Å². The van der Waals surface area contributed by atoms with Gasteiger partial charge in [-0.15, -0.1) is 22.9 Å². The van der Waals surface area contributed by atoms with Gasteiger partial charge in [0, 0.05) is 25.6 Å². The molecule has 2 amide bonds. The standard InChI is InChI=1S/C14H14ClN3O2S/c15-5-12(19)18-7-9(8-18)6-16-13(20)14-17-10-3-1-2-4-11(10)21-14/h1-4,9H,5-8H2,(H,16,20). The fourth-order valence-corrected chi connectivity index (χ4v) is 3.32. The molecule has 1 aliphatic rings. The number of benzene rings is 1. The van der Waals surface area contributed by atoms with Crippen LogP contribution in [0.1, 0.15) is 9.80 Å². The summed E-state index contributed by atoms with van der Waals surface area (Å²) >= 11 is 6.87. The zero-order valence-corrected chi connectivity index (χ0v) is 12.8. The highest BCUT2D eigenvalue weighted by Gasteiger charge is 2.30. The Hall–Kier alpha value is -1.66. The number of fused-ring (bicyclic) bond motifs is 1. The molecule has 0 unspecified atom stereocenters. The van der Waals surface area contributed by atoms with E-state index in [1.165, 1.54) is 11.3 Å². The van der Waals surface area contributed by atoms with Crippen LogP contribution in [0.5, 0.6) is 0 Å². The van der Waals surface area contributed by atoms with Crippen LogP contribution in [-0.2, 0) is 4.79 Å². The Kier molecular flexibility index (Phi) is 4.07. The van der Waals surface area contributed by atoms with Crippen molar-refractivity contribution in [1.82, 2.24) is 15.2 Å². The van der Waals surface area contributed by atoms with E-state index in [2.05, 4.69) is 10.3 Å². The number of para-hydroxylation sites is 1. The van der Waals surface area contributed by atoms with Crippen molar-refractivity contribution >= 4 is 45.0 Å². The largest absolute Gasteiger partial charge is 0.350 e. The first-order valence-electron chi connectivity index (χ1n) is 6.65. The number of halogens is 1. The summed E-state index contributed by atoms with van der Waals surface area (Å²) in [6, 6.07) is 7.68. The molecule has 1 aromatic carbocycles. The fourth-order valence-electron chi connectivity index (χ4n) is 2.27. The second kappa shape index (κ2) is 5.99. The van der Waals surface area contributed by atoms with Gasteiger partial charge in [0.1, 0.15) is 5.88 Å². The maximum absolute atomic E-state index is 12.1. The number of carbonyl (C=O) groups is 2. The average Bonchev–Trinajstić information content (AvgIpc) is 2.89. The van der Waals surface area contributed by atoms with E-state index in [-0.39, 0.29) is 17.7 Å². The minimum absolute atomic E-state index is 0.0186. The third kappa shape index (κ3) is 3.01. The van der Waals surface area contributed by atoms with E-state index in [9.17, 15) is 9.59 Å². The highest BCUT2D eigenvalue weighted by molar-refractivity contribution is 7.20. The van der Waals surface area contributed by atoms with Gasteiger partial charge in [-0.1, -0.05) is 12.1 Å². The van der Waals surface area contributed by atoms with E-state index < -0.39 is 0 Å². The molecule has 3 rings (SSSR count). The first-order chi connectivity index (χ1) is 10.2. The number of likely N-dealkylation sites (tertiary alicyclic amines) is 1. The van der Waals surface area contributed by atoms with Crippen LogP contribution >= 0.6 is 22.9 Å². The summed E-state index contributed by atoms with van der Waals surface area (Å²) in [5.74, 6) is 0.115. The molecule has 1 aromatic heterocycles. The molecule has 0 saturated carbocycles. The topological polar surface area (TPSA) is 62.3 Å². The molecule has 21 heavy (non-hydrogen) atoms. The van der Waals surface area contributed by atoms with Gasteiger partial charge in [0.15, 0.2) is 5.01 Å². The van der Waals surface area contributed by atoms with Crippen LogP contribution in [0.3, 0.4) is 0 Å². The lowest BCUT2D eigenvalue weighted by Gasteiger charge is -2.38. The monoisotopic (exact) mass is 323 g/mol. The summed E-state index contributed by atoms with van der Waals surface area (Å²) in [4.78, 5) is 29.4. The Morgan fingerprint density at radius 3 is 2.86 bits per heavy atom. The first-order valence-corrected chi connectivity index (χ1v) is 8.00. The molecular formula is C14H14ClN3O2S. The van der Waals surface area contributed by atoms with Gasteiger partial charge in [0.25, 0.3) is 5.91 Å². The SMILES string of the molecule is O=C(NCC1CN(C(=O)CCl)C1)c1nc2ccccc2s1. The number of thiazole rings is 1. The van der Waals surface area contributed by atoms with Crippen LogP contribution in [0.2, 0.25) is 0 Å². The Balaban J connectivity index is 1.52.